The van der Waals surface area contributed by atoms with E-state index in [0.717, 1.165) is 17.6 Å². The van der Waals surface area contributed by atoms with Crippen LogP contribution in [0.1, 0.15) is 0 Å². The molecule has 0 fully saturated rings. The van der Waals surface area contributed by atoms with E-state index in [4.69, 9.17) is 0 Å². The molecule has 1 aliphatic rings. The van der Waals surface area contributed by atoms with E-state index in [2.05, 4.69) is 26.8 Å². The molecule has 2 heterocycles. The predicted octanol–water partition coefficient (Wildman–Crippen LogP) is 1.62. The molecule has 0 spiro atoms. The summed E-state index contributed by atoms with van der Waals surface area (Å²) in [6.07, 6.45) is 8.00. The molecule has 1 aromatic carbocycles. The number of dihydropyridines is 1. The number of allylic oxidation sites excluding steroid dienone is 2. The zero-order valence-electron chi connectivity index (χ0n) is 8.22. The minimum Gasteiger partial charge on any atom is -0.387 e. The molecule has 2 N–H and O–H groups in total. The summed E-state index contributed by atoms with van der Waals surface area (Å²) in [6.45, 7) is 0.983. The molecule has 2 aromatic rings. The summed E-state index contributed by atoms with van der Waals surface area (Å²) in [4.78, 5) is 0. The molecule has 0 unspecified atom stereocenters. The molecule has 0 amide bonds. The second-order valence-corrected chi connectivity index (χ2v) is 3.01. The van der Waals surface area contributed by atoms with Crippen LogP contribution in [0.4, 0.5) is 0 Å². The lowest BCUT2D eigenvalue weighted by Gasteiger charge is -1.94. The summed E-state index contributed by atoms with van der Waals surface area (Å²) in [5.41, 5.74) is 1.83. The van der Waals surface area contributed by atoms with Crippen molar-refractivity contribution >= 4 is 11.0 Å². The van der Waals surface area contributed by atoms with Gasteiger partial charge in [-0.25, -0.2) is 0 Å². The van der Waals surface area contributed by atoms with E-state index in [9.17, 15) is 0 Å². The average Bonchev–Trinajstić information content (AvgIpc) is 2.80. The molecule has 0 atom stereocenters. The number of aromatic nitrogens is 3. The molecule has 0 saturated carbocycles. The number of fused-ring (bicyclic) bond motifs is 1. The lowest BCUT2D eigenvalue weighted by Crippen LogP contribution is -2.05. The fourth-order valence-electron chi connectivity index (χ4n) is 1.19. The van der Waals surface area contributed by atoms with Gasteiger partial charge in [0, 0.05) is 6.54 Å². The first-order valence-electron chi connectivity index (χ1n) is 4.77. The highest BCUT2D eigenvalue weighted by Gasteiger charge is 1.90. The Bertz CT molecular complexity index is 428. The lowest BCUT2D eigenvalue weighted by atomic mass is 10.3. The third-order valence-electron chi connectivity index (χ3n) is 1.92. The van der Waals surface area contributed by atoms with Gasteiger partial charge < -0.3 is 5.32 Å². The van der Waals surface area contributed by atoms with Gasteiger partial charge in [-0.15, -0.1) is 0 Å². The molecule has 3 rings (SSSR count). The van der Waals surface area contributed by atoms with Gasteiger partial charge >= 0.3 is 0 Å². The van der Waals surface area contributed by atoms with Crippen LogP contribution in [0.15, 0.2) is 48.7 Å². The minimum absolute atomic E-state index is 0.914. The van der Waals surface area contributed by atoms with Crippen molar-refractivity contribution in [2.75, 3.05) is 6.54 Å². The summed E-state index contributed by atoms with van der Waals surface area (Å²) >= 11 is 0. The molecule has 4 heteroatoms. The van der Waals surface area contributed by atoms with Crippen LogP contribution >= 0.6 is 0 Å². The number of para-hydroxylation sites is 2. The summed E-state index contributed by atoms with van der Waals surface area (Å²) in [7, 11) is 0. The third-order valence-corrected chi connectivity index (χ3v) is 1.92. The van der Waals surface area contributed by atoms with Gasteiger partial charge in [-0.05, 0) is 24.4 Å². The quantitative estimate of drug-likeness (QED) is 0.679. The van der Waals surface area contributed by atoms with Crippen LogP contribution in [0.3, 0.4) is 0 Å². The zero-order valence-corrected chi connectivity index (χ0v) is 8.22. The lowest BCUT2D eigenvalue weighted by molar-refractivity contribution is 0.959. The van der Waals surface area contributed by atoms with Crippen molar-refractivity contribution < 1.29 is 0 Å². The Morgan fingerprint density at radius 2 is 1.73 bits per heavy atom. The van der Waals surface area contributed by atoms with Crippen molar-refractivity contribution in [2.45, 2.75) is 0 Å². The molecule has 1 aromatic heterocycles. The number of hydrogen-bond donors (Lipinski definition) is 2. The Morgan fingerprint density at radius 3 is 2.13 bits per heavy atom. The number of benzene rings is 1. The van der Waals surface area contributed by atoms with Gasteiger partial charge in [-0.2, -0.15) is 15.4 Å². The highest BCUT2D eigenvalue weighted by molar-refractivity contribution is 5.72. The fourth-order valence-corrected chi connectivity index (χ4v) is 1.19. The Morgan fingerprint density at radius 1 is 1.00 bits per heavy atom. The number of rotatable bonds is 0. The van der Waals surface area contributed by atoms with E-state index < -0.39 is 0 Å². The summed E-state index contributed by atoms with van der Waals surface area (Å²) in [5.74, 6) is 0. The van der Waals surface area contributed by atoms with Crippen LogP contribution in [0.5, 0.6) is 0 Å². The number of hydrogen-bond acceptors (Lipinski definition) is 3. The molecule has 76 valence electrons. The van der Waals surface area contributed by atoms with Gasteiger partial charge in [0.15, 0.2) is 0 Å². The van der Waals surface area contributed by atoms with Crippen molar-refractivity contribution in [3.63, 3.8) is 0 Å². The summed E-state index contributed by atoms with van der Waals surface area (Å²) < 4.78 is 0. The highest BCUT2D eigenvalue weighted by atomic mass is 15.3. The first-order valence-corrected chi connectivity index (χ1v) is 4.77. The monoisotopic (exact) mass is 200 g/mol. The van der Waals surface area contributed by atoms with Gasteiger partial charge in [0.2, 0.25) is 0 Å². The third kappa shape index (κ3) is 2.67. The van der Waals surface area contributed by atoms with Crippen LogP contribution in [-0.2, 0) is 0 Å². The molecule has 1 aliphatic heterocycles. The highest BCUT2D eigenvalue weighted by Crippen LogP contribution is 2.03. The molecule has 0 bridgehead atoms. The largest absolute Gasteiger partial charge is 0.387 e. The maximum atomic E-state index is 3.88. The predicted molar refractivity (Wildman–Crippen MR) is 60.2 cm³/mol. The van der Waals surface area contributed by atoms with Crippen molar-refractivity contribution in [1.29, 1.82) is 0 Å². The van der Waals surface area contributed by atoms with Gasteiger partial charge in [0.05, 0.1) is 0 Å². The smallest absolute Gasteiger partial charge is 0.112 e. The zero-order chi connectivity index (χ0) is 10.3. The van der Waals surface area contributed by atoms with Gasteiger partial charge in [-0.1, -0.05) is 24.3 Å². The van der Waals surface area contributed by atoms with Crippen LogP contribution < -0.4 is 5.32 Å². The molecule has 0 aliphatic carbocycles. The number of aromatic amines is 1. The molecule has 0 radical (unpaired) electrons. The molecular formula is C11H12N4. The Kier molecular flexibility index (Phi) is 3.12. The maximum Gasteiger partial charge on any atom is 0.112 e. The van der Waals surface area contributed by atoms with Crippen molar-refractivity contribution in [3.05, 3.63) is 48.7 Å². The molecule has 4 nitrogen and oxygen atoms in total. The fraction of sp³-hybridized carbons (Fsp3) is 0.0909. The summed E-state index contributed by atoms with van der Waals surface area (Å²) in [6, 6.07) is 7.70. The summed E-state index contributed by atoms with van der Waals surface area (Å²) in [5, 5.41) is 13.3. The van der Waals surface area contributed by atoms with Gasteiger partial charge in [0.1, 0.15) is 11.0 Å². The van der Waals surface area contributed by atoms with E-state index in [1.165, 1.54) is 0 Å². The number of nitrogens with zero attached hydrogens (tertiary/aromatic N) is 2. The Hall–Kier alpha value is -2.10. The van der Waals surface area contributed by atoms with E-state index in [0.29, 0.717) is 0 Å². The van der Waals surface area contributed by atoms with Gasteiger partial charge in [0.25, 0.3) is 0 Å². The van der Waals surface area contributed by atoms with E-state index in [1.807, 2.05) is 42.6 Å². The molecular weight excluding hydrogens is 188 g/mol. The number of nitrogens with one attached hydrogen (secondary N) is 2. The average molecular weight is 200 g/mol. The Labute approximate surface area is 87.7 Å². The topological polar surface area (TPSA) is 53.6 Å². The van der Waals surface area contributed by atoms with Crippen molar-refractivity contribution in [3.8, 4) is 0 Å². The normalized spacial score (nSPS) is 13.1. The van der Waals surface area contributed by atoms with Crippen LogP contribution in [-0.4, -0.2) is 22.0 Å². The van der Waals surface area contributed by atoms with Gasteiger partial charge in [-0.3, -0.25) is 0 Å². The van der Waals surface area contributed by atoms with E-state index in [-0.39, 0.29) is 0 Å². The standard InChI is InChI=1S/C6H5N3.C5H7N/c1-2-4-6-5(3-1)7-9-8-6;1-2-4-6-5-3-1/h1-4H,(H,7,8,9);1-4,6H,5H2. The molecule has 0 saturated heterocycles. The second kappa shape index (κ2) is 4.95. The molecule has 15 heavy (non-hydrogen) atoms. The van der Waals surface area contributed by atoms with E-state index >= 15 is 0 Å². The maximum absolute atomic E-state index is 3.88. The van der Waals surface area contributed by atoms with E-state index in [1.54, 1.807) is 0 Å². The second-order valence-electron chi connectivity index (χ2n) is 3.01. The van der Waals surface area contributed by atoms with Crippen LogP contribution in [0.2, 0.25) is 0 Å². The number of H-pyrrole nitrogens is 1. The van der Waals surface area contributed by atoms with Crippen molar-refractivity contribution in [2.24, 2.45) is 0 Å². The van der Waals surface area contributed by atoms with Crippen LogP contribution in [0.25, 0.3) is 11.0 Å². The van der Waals surface area contributed by atoms with Crippen molar-refractivity contribution in [1.82, 2.24) is 20.7 Å². The van der Waals surface area contributed by atoms with Crippen LogP contribution in [0, 0.1) is 0 Å². The Balaban J connectivity index is 0.000000124. The first kappa shape index (κ1) is 9.45. The minimum atomic E-state index is 0.914. The SMILES string of the molecule is C1=CCNC=C1.c1ccc2n[nH]nc2c1. The first-order chi connectivity index (χ1) is 7.47.